The summed E-state index contributed by atoms with van der Waals surface area (Å²) in [6.45, 7) is 3.20. The Morgan fingerprint density at radius 3 is 2.46 bits per heavy atom. The van der Waals surface area contributed by atoms with E-state index >= 15 is 0 Å². The van der Waals surface area contributed by atoms with Gasteiger partial charge in [0.05, 0.1) is 18.7 Å². The Bertz CT molecular complexity index is 1630. The molecule has 1 aliphatic heterocycles. The van der Waals surface area contributed by atoms with E-state index in [0.29, 0.717) is 34.5 Å². The highest BCUT2D eigenvalue weighted by Gasteiger charge is 2.24. The number of anilines is 1. The Morgan fingerprint density at radius 2 is 1.76 bits per heavy atom. The van der Waals surface area contributed by atoms with Gasteiger partial charge >= 0.3 is 5.97 Å². The van der Waals surface area contributed by atoms with Gasteiger partial charge in [0.25, 0.3) is 5.91 Å². The number of carbonyl (C=O) groups excluding carboxylic acids is 1. The van der Waals surface area contributed by atoms with Gasteiger partial charge in [0, 0.05) is 29.9 Å². The quantitative estimate of drug-likeness (QED) is 0.164. The van der Waals surface area contributed by atoms with Crippen molar-refractivity contribution in [3.8, 4) is 16.9 Å². The normalized spacial score (nSPS) is 12.9. The number of methoxy groups -OCH3 is 1. The average molecular weight is 549 g/mol. The molecule has 0 unspecified atom stereocenters. The smallest absolute Gasteiger partial charge is 0.336 e. The fourth-order valence-corrected chi connectivity index (χ4v) is 5.28. The highest BCUT2D eigenvalue weighted by molar-refractivity contribution is 6.00. The van der Waals surface area contributed by atoms with Crippen molar-refractivity contribution >= 4 is 23.4 Å². The molecule has 8 nitrogen and oxygen atoms in total. The molecule has 4 aromatic carbocycles. The van der Waals surface area contributed by atoms with Crippen LogP contribution in [-0.4, -0.2) is 36.5 Å². The molecule has 1 heterocycles. The van der Waals surface area contributed by atoms with Crippen molar-refractivity contribution in [3.05, 3.63) is 118 Å². The lowest BCUT2D eigenvalue weighted by Crippen LogP contribution is -2.27. The zero-order valence-corrected chi connectivity index (χ0v) is 23.0. The van der Waals surface area contributed by atoms with Gasteiger partial charge in [0.2, 0.25) is 0 Å². The minimum absolute atomic E-state index is 0.0321. The largest absolute Gasteiger partial charge is 0.497 e. The number of rotatable bonds is 9. The highest BCUT2D eigenvalue weighted by atomic mass is 16.5. The van der Waals surface area contributed by atoms with Gasteiger partial charge in [-0.1, -0.05) is 36.4 Å². The minimum Gasteiger partial charge on any atom is -0.497 e. The van der Waals surface area contributed by atoms with Crippen molar-refractivity contribution < 1.29 is 19.4 Å². The molecule has 0 fully saturated rings. The van der Waals surface area contributed by atoms with E-state index < -0.39 is 5.97 Å². The van der Waals surface area contributed by atoms with Crippen LogP contribution in [0.2, 0.25) is 0 Å². The number of nitrogens with one attached hydrogen (secondary N) is 2. The lowest BCUT2D eigenvalue weighted by molar-refractivity contribution is 0.0697. The van der Waals surface area contributed by atoms with Crippen molar-refractivity contribution in [2.24, 2.45) is 5.73 Å². The van der Waals surface area contributed by atoms with Crippen LogP contribution in [0.5, 0.6) is 5.75 Å². The standard InChI is InChI=1S/C33H32N4O4/c1-20(21-6-4-3-5-7-21)36-32(38)24-8-9-25(19-37-15-14-22-16-23(31(34)35)10-13-30(22)37)28(17-24)27-12-11-26(41-2)18-29(27)33(39)40/h3-13,16-18,20H,14-15,19H2,1-2H3,(H3,34,35)(H,36,38)(H,39,40)/t20-/m1/s1. The van der Waals surface area contributed by atoms with E-state index in [1.165, 1.54) is 13.2 Å². The summed E-state index contributed by atoms with van der Waals surface area (Å²) in [5, 5.41) is 20.9. The number of nitrogen functional groups attached to an aromatic ring is 1. The van der Waals surface area contributed by atoms with Crippen LogP contribution in [0.3, 0.4) is 0 Å². The molecule has 0 aliphatic carbocycles. The Balaban J connectivity index is 1.53. The number of carboxylic acid groups (broad SMARTS) is 1. The predicted molar refractivity (Wildman–Crippen MR) is 160 cm³/mol. The number of ether oxygens (including phenoxy) is 1. The topological polar surface area (TPSA) is 129 Å². The number of carbonyl (C=O) groups is 2. The van der Waals surface area contributed by atoms with Crippen LogP contribution < -0.4 is 20.7 Å². The molecule has 0 bridgehead atoms. The average Bonchev–Trinajstić information content (AvgIpc) is 3.39. The molecule has 41 heavy (non-hydrogen) atoms. The molecule has 1 atom stereocenters. The molecule has 5 rings (SSSR count). The molecular formula is C33H32N4O4. The summed E-state index contributed by atoms with van der Waals surface area (Å²) in [5.74, 6) is -0.860. The first kappa shape index (κ1) is 27.5. The molecule has 0 saturated carbocycles. The summed E-state index contributed by atoms with van der Waals surface area (Å²) in [6.07, 6.45) is 0.812. The van der Waals surface area contributed by atoms with Crippen LogP contribution in [0.1, 0.15) is 55.9 Å². The Kier molecular flexibility index (Phi) is 7.74. The zero-order chi connectivity index (χ0) is 29.1. The number of aromatic carboxylic acids is 1. The number of hydrogen-bond acceptors (Lipinski definition) is 5. The van der Waals surface area contributed by atoms with Gasteiger partial charge in [-0.05, 0) is 89.7 Å². The van der Waals surface area contributed by atoms with Crippen LogP contribution in [-0.2, 0) is 13.0 Å². The third-order valence-electron chi connectivity index (χ3n) is 7.51. The maximum atomic E-state index is 13.4. The monoisotopic (exact) mass is 548 g/mol. The van der Waals surface area contributed by atoms with Crippen LogP contribution in [0, 0.1) is 5.41 Å². The number of carboxylic acids is 1. The second-order valence-electron chi connectivity index (χ2n) is 10.1. The Hall–Kier alpha value is -5.11. The molecule has 208 valence electrons. The Morgan fingerprint density at radius 1 is 1.00 bits per heavy atom. The lowest BCUT2D eigenvalue weighted by atomic mass is 9.92. The molecule has 1 amide bonds. The number of fused-ring (bicyclic) bond motifs is 1. The molecule has 0 saturated heterocycles. The SMILES string of the molecule is COc1ccc(-c2cc(C(=O)N[C@H](C)c3ccccc3)ccc2CN2CCc3cc(C(=N)N)ccc32)c(C(=O)O)c1. The number of nitrogens with two attached hydrogens (primary N) is 1. The summed E-state index contributed by atoms with van der Waals surface area (Å²) in [4.78, 5) is 27.9. The molecule has 0 spiro atoms. The van der Waals surface area contributed by atoms with Crippen molar-refractivity contribution in [1.29, 1.82) is 5.41 Å². The fraction of sp³-hybridized carbons (Fsp3) is 0.182. The third-order valence-corrected chi connectivity index (χ3v) is 7.51. The van der Waals surface area contributed by atoms with Crippen molar-refractivity contribution in [1.82, 2.24) is 5.32 Å². The van der Waals surface area contributed by atoms with Crippen molar-refractivity contribution in [2.45, 2.75) is 25.9 Å². The molecule has 5 N–H and O–H groups in total. The van der Waals surface area contributed by atoms with E-state index in [-0.39, 0.29) is 23.3 Å². The number of nitrogens with zero attached hydrogens (tertiary/aromatic N) is 1. The van der Waals surface area contributed by atoms with Gasteiger partial charge in [-0.15, -0.1) is 0 Å². The van der Waals surface area contributed by atoms with Gasteiger partial charge in [0.15, 0.2) is 0 Å². The summed E-state index contributed by atoms with van der Waals surface area (Å²) >= 11 is 0. The second kappa shape index (κ2) is 11.6. The minimum atomic E-state index is -1.08. The first-order valence-electron chi connectivity index (χ1n) is 13.4. The van der Waals surface area contributed by atoms with E-state index in [9.17, 15) is 14.7 Å². The first-order valence-corrected chi connectivity index (χ1v) is 13.4. The Labute approximate surface area is 238 Å². The fourth-order valence-electron chi connectivity index (χ4n) is 5.28. The maximum Gasteiger partial charge on any atom is 0.336 e. The van der Waals surface area contributed by atoms with Gasteiger partial charge < -0.3 is 25.8 Å². The predicted octanol–water partition coefficient (Wildman–Crippen LogP) is 5.40. The van der Waals surface area contributed by atoms with Crippen LogP contribution in [0.4, 0.5) is 5.69 Å². The van der Waals surface area contributed by atoms with E-state index in [1.807, 2.05) is 61.5 Å². The summed E-state index contributed by atoms with van der Waals surface area (Å²) in [7, 11) is 1.49. The van der Waals surface area contributed by atoms with Gasteiger partial charge in [-0.3, -0.25) is 10.2 Å². The van der Waals surface area contributed by atoms with Crippen molar-refractivity contribution in [3.63, 3.8) is 0 Å². The highest BCUT2D eigenvalue weighted by Crippen LogP contribution is 2.35. The number of hydrogen-bond donors (Lipinski definition) is 4. The summed E-state index contributed by atoms with van der Waals surface area (Å²) in [5.41, 5.74) is 12.1. The van der Waals surface area contributed by atoms with Gasteiger partial charge in [-0.25, -0.2) is 4.79 Å². The second-order valence-corrected chi connectivity index (χ2v) is 10.1. The lowest BCUT2D eigenvalue weighted by Gasteiger charge is -2.23. The van der Waals surface area contributed by atoms with E-state index in [1.54, 1.807) is 24.3 Å². The molecule has 1 aliphatic rings. The molecule has 4 aromatic rings. The van der Waals surface area contributed by atoms with E-state index in [4.69, 9.17) is 15.9 Å². The van der Waals surface area contributed by atoms with Gasteiger partial charge in [0.1, 0.15) is 11.6 Å². The third kappa shape index (κ3) is 5.77. The summed E-state index contributed by atoms with van der Waals surface area (Å²) in [6, 6.07) is 25.7. The van der Waals surface area contributed by atoms with Crippen LogP contribution in [0.25, 0.3) is 11.1 Å². The van der Waals surface area contributed by atoms with Crippen molar-refractivity contribution in [2.75, 3.05) is 18.6 Å². The first-order chi connectivity index (χ1) is 19.7. The number of amides is 1. The molecular weight excluding hydrogens is 516 g/mol. The molecule has 8 heteroatoms. The zero-order valence-electron chi connectivity index (χ0n) is 23.0. The molecule has 0 radical (unpaired) electrons. The molecule has 0 aromatic heterocycles. The number of benzene rings is 4. The maximum absolute atomic E-state index is 13.4. The van der Waals surface area contributed by atoms with Gasteiger partial charge in [-0.2, -0.15) is 0 Å². The van der Waals surface area contributed by atoms with Crippen LogP contribution >= 0.6 is 0 Å². The van der Waals surface area contributed by atoms with Crippen LogP contribution in [0.15, 0.2) is 84.9 Å². The number of amidine groups is 1. The summed E-state index contributed by atoms with van der Waals surface area (Å²) < 4.78 is 5.29. The van der Waals surface area contributed by atoms with E-state index in [2.05, 4.69) is 10.2 Å². The van der Waals surface area contributed by atoms with E-state index in [0.717, 1.165) is 35.3 Å².